The Bertz CT molecular complexity index is 476. The van der Waals surface area contributed by atoms with E-state index in [-0.39, 0.29) is 5.91 Å². The maximum absolute atomic E-state index is 12.0. The third kappa shape index (κ3) is 3.14. The molecule has 0 saturated heterocycles. The van der Waals surface area contributed by atoms with E-state index in [1.165, 1.54) is 4.90 Å². The molecule has 1 rings (SSSR count). The van der Waals surface area contributed by atoms with E-state index in [0.29, 0.717) is 24.2 Å². The van der Waals surface area contributed by atoms with Crippen molar-refractivity contribution in [3.8, 4) is 6.07 Å². The van der Waals surface area contributed by atoms with Gasteiger partial charge in [-0.25, -0.2) is 0 Å². The second kappa shape index (κ2) is 5.92. The summed E-state index contributed by atoms with van der Waals surface area (Å²) in [7, 11) is 5.26. The quantitative estimate of drug-likeness (QED) is 0.813. The Morgan fingerprint density at radius 2 is 2.06 bits per heavy atom. The first kappa shape index (κ1) is 13.8. The number of rotatable bonds is 4. The average Bonchev–Trinajstić information content (AvgIpc) is 2.34. The fourth-order valence-corrected chi connectivity index (χ4v) is 1.62. The number of carbonyl (C=O) groups excluding carboxylic acids is 1. The number of benzene rings is 1. The van der Waals surface area contributed by atoms with E-state index in [9.17, 15) is 4.79 Å². The summed E-state index contributed by atoms with van der Waals surface area (Å²) in [4.78, 5) is 15.4. The highest BCUT2D eigenvalue weighted by Crippen LogP contribution is 2.23. The van der Waals surface area contributed by atoms with Crippen LogP contribution in [0.25, 0.3) is 0 Å². The second-order valence-corrected chi connectivity index (χ2v) is 4.31. The van der Waals surface area contributed by atoms with Crippen LogP contribution < -0.4 is 10.6 Å². The second-order valence-electron chi connectivity index (χ2n) is 4.31. The van der Waals surface area contributed by atoms with Gasteiger partial charge in [0, 0.05) is 33.4 Å². The Balaban J connectivity index is 3.12. The smallest absolute Gasteiger partial charge is 0.255 e. The van der Waals surface area contributed by atoms with Crippen LogP contribution in [0.2, 0.25) is 0 Å². The van der Waals surface area contributed by atoms with Gasteiger partial charge >= 0.3 is 0 Å². The van der Waals surface area contributed by atoms with Crippen molar-refractivity contribution >= 4 is 17.3 Å². The van der Waals surface area contributed by atoms with Crippen LogP contribution in [0.4, 0.5) is 11.4 Å². The van der Waals surface area contributed by atoms with Crippen LogP contribution in [-0.2, 0) is 0 Å². The van der Waals surface area contributed by atoms with E-state index in [1.807, 2.05) is 11.9 Å². The lowest BCUT2D eigenvalue weighted by atomic mass is 10.1. The number of nitriles is 1. The first-order chi connectivity index (χ1) is 8.47. The molecule has 0 heterocycles. The Morgan fingerprint density at radius 3 is 2.61 bits per heavy atom. The van der Waals surface area contributed by atoms with Gasteiger partial charge in [0.1, 0.15) is 0 Å². The molecule has 96 valence electrons. The molecule has 1 aromatic rings. The van der Waals surface area contributed by atoms with Gasteiger partial charge in [-0.3, -0.25) is 4.79 Å². The van der Waals surface area contributed by atoms with Crippen LogP contribution in [0.5, 0.6) is 0 Å². The molecule has 0 aromatic heterocycles. The minimum absolute atomic E-state index is 0.0752. The SMILES string of the molecule is CN(C)C(=O)c1ccc(N)cc1N(C)CCC#N. The summed E-state index contributed by atoms with van der Waals surface area (Å²) in [5.41, 5.74) is 7.70. The van der Waals surface area contributed by atoms with Gasteiger partial charge in [0.2, 0.25) is 0 Å². The van der Waals surface area contributed by atoms with E-state index >= 15 is 0 Å². The first-order valence-corrected chi connectivity index (χ1v) is 5.66. The fraction of sp³-hybridized carbons (Fsp3) is 0.385. The van der Waals surface area contributed by atoms with Gasteiger partial charge in [0.15, 0.2) is 0 Å². The molecule has 18 heavy (non-hydrogen) atoms. The van der Waals surface area contributed by atoms with Crippen LogP contribution in [0.1, 0.15) is 16.8 Å². The number of amides is 1. The number of nitrogen functional groups attached to an aromatic ring is 1. The zero-order valence-corrected chi connectivity index (χ0v) is 11.0. The fourth-order valence-electron chi connectivity index (χ4n) is 1.62. The third-order valence-corrected chi connectivity index (χ3v) is 2.63. The van der Waals surface area contributed by atoms with Crippen molar-refractivity contribution in [1.82, 2.24) is 4.90 Å². The Morgan fingerprint density at radius 1 is 1.39 bits per heavy atom. The topological polar surface area (TPSA) is 73.4 Å². The first-order valence-electron chi connectivity index (χ1n) is 5.66. The molecule has 0 aliphatic rings. The van der Waals surface area contributed by atoms with Gasteiger partial charge in [0.25, 0.3) is 5.91 Å². The van der Waals surface area contributed by atoms with Crippen molar-refractivity contribution in [1.29, 1.82) is 5.26 Å². The van der Waals surface area contributed by atoms with E-state index in [2.05, 4.69) is 6.07 Å². The third-order valence-electron chi connectivity index (χ3n) is 2.63. The van der Waals surface area contributed by atoms with Crippen molar-refractivity contribution in [3.05, 3.63) is 23.8 Å². The molecule has 0 radical (unpaired) electrons. The van der Waals surface area contributed by atoms with Gasteiger partial charge in [-0.15, -0.1) is 0 Å². The summed E-state index contributed by atoms with van der Waals surface area (Å²) in [6.07, 6.45) is 0.404. The molecule has 0 aliphatic heterocycles. The molecule has 5 nitrogen and oxygen atoms in total. The van der Waals surface area contributed by atoms with E-state index in [0.717, 1.165) is 5.69 Å². The lowest BCUT2D eigenvalue weighted by molar-refractivity contribution is 0.0828. The molecular weight excluding hydrogens is 228 g/mol. The highest BCUT2D eigenvalue weighted by Gasteiger charge is 2.16. The summed E-state index contributed by atoms with van der Waals surface area (Å²) < 4.78 is 0. The van der Waals surface area contributed by atoms with Crippen molar-refractivity contribution in [2.75, 3.05) is 38.3 Å². The lowest BCUT2D eigenvalue weighted by Gasteiger charge is -2.22. The molecule has 2 N–H and O–H groups in total. The molecule has 0 saturated carbocycles. The van der Waals surface area contributed by atoms with Gasteiger partial charge in [-0.2, -0.15) is 5.26 Å². The zero-order valence-electron chi connectivity index (χ0n) is 11.0. The van der Waals surface area contributed by atoms with Crippen LogP contribution in [0, 0.1) is 11.3 Å². The Labute approximate surface area is 107 Å². The normalized spacial score (nSPS) is 9.67. The maximum atomic E-state index is 12.0. The number of nitrogens with zero attached hydrogens (tertiary/aromatic N) is 3. The van der Waals surface area contributed by atoms with Crippen molar-refractivity contribution in [2.24, 2.45) is 0 Å². The van der Waals surface area contributed by atoms with Gasteiger partial charge in [-0.05, 0) is 18.2 Å². The van der Waals surface area contributed by atoms with Gasteiger partial charge < -0.3 is 15.5 Å². The molecule has 5 heteroatoms. The van der Waals surface area contributed by atoms with Crippen molar-refractivity contribution in [3.63, 3.8) is 0 Å². The monoisotopic (exact) mass is 246 g/mol. The molecular formula is C13H18N4O. The molecule has 0 aliphatic carbocycles. The van der Waals surface area contributed by atoms with E-state index < -0.39 is 0 Å². The molecule has 0 fully saturated rings. The number of anilines is 2. The Hall–Kier alpha value is -2.22. The summed E-state index contributed by atoms with van der Waals surface area (Å²) >= 11 is 0. The molecule has 0 spiro atoms. The number of hydrogen-bond acceptors (Lipinski definition) is 4. The summed E-state index contributed by atoms with van der Waals surface area (Å²) in [6, 6.07) is 7.27. The van der Waals surface area contributed by atoms with Gasteiger partial charge in [0.05, 0.1) is 23.7 Å². The summed E-state index contributed by atoms with van der Waals surface area (Å²) in [5.74, 6) is -0.0752. The predicted molar refractivity (Wildman–Crippen MR) is 72.4 cm³/mol. The van der Waals surface area contributed by atoms with Crippen LogP contribution in [-0.4, -0.2) is 38.5 Å². The summed E-state index contributed by atoms with van der Waals surface area (Å²) in [6.45, 7) is 0.563. The van der Waals surface area contributed by atoms with Crippen LogP contribution in [0.3, 0.4) is 0 Å². The molecule has 1 amide bonds. The van der Waals surface area contributed by atoms with Crippen molar-refractivity contribution < 1.29 is 4.79 Å². The standard InChI is InChI=1S/C13H18N4O/c1-16(2)13(18)11-6-5-10(15)9-12(11)17(3)8-4-7-14/h5-6,9H,4,8,15H2,1-3H3. The summed E-state index contributed by atoms with van der Waals surface area (Å²) in [5, 5.41) is 8.61. The predicted octanol–water partition coefficient (Wildman–Crippen LogP) is 1.32. The lowest BCUT2D eigenvalue weighted by Crippen LogP contribution is -2.26. The number of carbonyl (C=O) groups is 1. The minimum Gasteiger partial charge on any atom is -0.399 e. The van der Waals surface area contributed by atoms with Gasteiger partial charge in [-0.1, -0.05) is 0 Å². The Kier molecular flexibility index (Phi) is 4.55. The molecule has 1 aromatic carbocycles. The molecule has 0 bridgehead atoms. The number of hydrogen-bond donors (Lipinski definition) is 1. The van der Waals surface area contributed by atoms with Crippen LogP contribution >= 0.6 is 0 Å². The highest BCUT2D eigenvalue weighted by atomic mass is 16.2. The minimum atomic E-state index is -0.0752. The van der Waals surface area contributed by atoms with Crippen LogP contribution in [0.15, 0.2) is 18.2 Å². The maximum Gasteiger partial charge on any atom is 0.255 e. The largest absolute Gasteiger partial charge is 0.399 e. The zero-order chi connectivity index (χ0) is 13.7. The molecule has 0 atom stereocenters. The number of nitrogens with two attached hydrogens (primary N) is 1. The van der Waals surface area contributed by atoms with E-state index in [1.54, 1.807) is 32.3 Å². The van der Waals surface area contributed by atoms with Crippen molar-refractivity contribution in [2.45, 2.75) is 6.42 Å². The van der Waals surface area contributed by atoms with E-state index in [4.69, 9.17) is 11.0 Å². The average molecular weight is 246 g/mol. The molecule has 0 unspecified atom stereocenters. The highest BCUT2D eigenvalue weighted by molar-refractivity contribution is 6.00.